The molecule has 2 heterocycles. The van der Waals surface area contributed by atoms with Gasteiger partial charge in [0.15, 0.2) is 6.29 Å². The first-order chi connectivity index (χ1) is 17.9. The van der Waals surface area contributed by atoms with Crippen LogP contribution in [0.25, 0.3) is 10.9 Å². The lowest BCUT2D eigenvalue weighted by Gasteiger charge is -2.48. The maximum atomic E-state index is 13.5. The van der Waals surface area contributed by atoms with E-state index in [0.717, 1.165) is 5.56 Å². The smallest absolute Gasteiger partial charge is 0.254 e. The van der Waals surface area contributed by atoms with Gasteiger partial charge in [-0.3, -0.25) is 4.79 Å². The molecule has 1 fully saturated rings. The third kappa shape index (κ3) is 5.03. The summed E-state index contributed by atoms with van der Waals surface area (Å²) < 4.78 is 12.5. The molecule has 0 saturated carbocycles. The van der Waals surface area contributed by atoms with Gasteiger partial charge in [0, 0.05) is 24.2 Å². The summed E-state index contributed by atoms with van der Waals surface area (Å²) >= 11 is 0. The number of amides is 1. The summed E-state index contributed by atoms with van der Waals surface area (Å²) in [7, 11) is 1.55. The van der Waals surface area contributed by atoms with Gasteiger partial charge in [-0.05, 0) is 28.7 Å². The van der Waals surface area contributed by atoms with Crippen molar-refractivity contribution < 1.29 is 39.8 Å². The number of rotatable bonds is 7. The van der Waals surface area contributed by atoms with Gasteiger partial charge in [0.1, 0.15) is 29.6 Å². The van der Waals surface area contributed by atoms with Crippen molar-refractivity contribution in [3.05, 3.63) is 65.4 Å². The van der Waals surface area contributed by atoms with Gasteiger partial charge in [0.2, 0.25) is 0 Å². The van der Waals surface area contributed by atoms with Crippen LogP contribution in [0.15, 0.2) is 48.7 Å². The van der Waals surface area contributed by atoms with E-state index in [0.29, 0.717) is 23.2 Å². The van der Waals surface area contributed by atoms with E-state index in [-0.39, 0.29) is 11.0 Å². The molecule has 206 valence electrons. The SMILES string of the molecule is COc1ccc2c(C(=O)N[C@@]3(CO)C(O)O[C@H](CO)[C@@H](O)[C@@H]3O)cn(Cc3ccc(C(C)(C)C)cc3)c2c1. The summed E-state index contributed by atoms with van der Waals surface area (Å²) in [6, 6.07) is 13.5. The second-order valence-electron chi connectivity index (χ2n) is 10.8. The van der Waals surface area contributed by atoms with Gasteiger partial charge in [0.05, 0.1) is 31.4 Å². The predicted molar refractivity (Wildman–Crippen MR) is 140 cm³/mol. The summed E-state index contributed by atoms with van der Waals surface area (Å²) in [4.78, 5) is 13.5. The lowest BCUT2D eigenvalue weighted by molar-refractivity contribution is -0.288. The number of benzene rings is 2. The molecule has 1 amide bonds. The minimum Gasteiger partial charge on any atom is -0.497 e. The highest BCUT2D eigenvalue weighted by atomic mass is 16.6. The number of nitrogens with one attached hydrogen (secondary N) is 1. The average Bonchev–Trinajstić information content (AvgIpc) is 3.26. The highest BCUT2D eigenvalue weighted by molar-refractivity contribution is 6.07. The minimum absolute atomic E-state index is 0.0166. The van der Waals surface area contributed by atoms with Crippen LogP contribution in [0.1, 0.15) is 42.3 Å². The lowest BCUT2D eigenvalue weighted by atomic mass is 9.83. The molecule has 1 unspecified atom stereocenters. The quantitative estimate of drug-likeness (QED) is 0.264. The average molecular weight is 529 g/mol. The van der Waals surface area contributed by atoms with E-state index in [1.807, 2.05) is 16.7 Å². The Kier molecular flexibility index (Phi) is 7.85. The minimum atomic E-state index is -2.12. The van der Waals surface area contributed by atoms with Gasteiger partial charge in [-0.2, -0.15) is 0 Å². The zero-order valence-electron chi connectivity index (χ0n) is 22.0. The molecular weight excluding hydrogens is 492 g/mol. The molecule has 1 aliphatic heterocycles. The van der Waals surface area contributed by atoms with Crippen molar-refractivity contribution in [3.63, 3.8) is 0 Å². The van der Waals surface area contributed by atoms with Crippen molar-refractivity contribution in [2.75, 3.05) is 20.3 Å². The standard InChI is InChI=1S/C28H36N2O8/c1-27(2,3)17-7-5-16(6-8-17)12-30-13-20(19-10-9-18(37-4)11-21(19)30)25(35)29-28(15-32)24(34)23(33)22(14-31)38-26(28)36/h5-11,13,22-24,26,31-34,36H,12,14-15H2,1-4H3,(H,29,35)/t22-,23-,24+,26?,28-/m1/s1. The number of nitrogens with zero attached hydrogens (tertiary/aromatic N) is 1. The van der Waals surface area contributed by atoms with Crippen LogP contribution in [0.3, 0.4) is 0 Å². The molecule has 10 nitrogen and oxygen atoms in total. The van der Waals surface area contributed by atoms with E-state index >= 15 is 0 Å². The van der Waals surface area contributed by atoms with Crippen LogP contribution in [0.5, 0.6) is 5.75 Å². The zero-order chi connectivity index (χ0) is 27.8. The number of carbonyl (C=O) groups is 1. The molecule has 38 heavy (non-hydrogen) atoms. The molecule has 10 heteroatoms. The zero-order valence-corrected chi connectivity index (χ0v) is 22.0. The fourth-order valence-electron chi connectivity index (χ4n) is 4.82. The van der Waals surface area contributed by atoms with E-state index in [1.165, 1.54) is 5.56 Å². The van der Waals surface area contributed by atoms with E-state index in [9.17, 15) is 30.3 Å². The summed E-state index contributed by atoms with van der Waals surface area (Å²) in [6.45, 7) is 5.29. The normalized spacial score (nSPS) is 25.9. The molecule has 5 atom stereocenters. The molecule has 0 radical (unpaired) electrons. The van der Waals surface area contributed by atoms with E-state index in [1.54, 1.807) is 31.5 Å². The van der Waals surface area contributed by atoms with Crippen LogP contribution >= 0.6 is 0 Å². The van der Waals surface area contributed by atoms with Gasteiger partial charge >= 0.3 is 0 Å². The van der Waals surface area contributed by atoms with Gasteiger partial charge in [-0.15, -0.1) is 0 Å². The van der Waals surface area contributed by atoms with E-state index in [2.05, 4.69) is 38.2 Å². The van der Waals surface area contributed by atoms with Crippen LogP contribution in [0.4, 0.5) is 0 Å². The number of hydrogen-bond acceptors (Lipinski definition) is 8. The molecule has 4 rings (SSSR count). The van der Waals surface area contributed by atoms with Crippen molar-refractivity contribution in [1.29, 1.82) is 0 Å². The van der Waals surface area contributed by atoms with E-state index < -0.39 is 49.3 Å². The molecule has 6 N–H and O–H groups in total. The van der Waals surface area contributed by atoms with Gasteiger partial charge in [-0.25, -0.2) is 0 Å². The largest absolute Gasteiger partial charge is 0.497 e. The third-order valence-electron chi connectivity index (χ3n) is 7.27. The first kappa shape index (κ1) is 28.0. The summed E-state index contributed by atoms with van der Waals surface area (Å²) in [6.07, 6.45) is -4.99. The van der Waals surface area contributed by atoms with E-state index in [4.69, 9.17) is 9.47 Å². The second kappa shape index (κ2) is 10.6. The number of carbonyl (C=O) groups excluding carboxylic acids is 1. The monoisotopic (exact) mass is 528 g/mol. The number of aromatic nitrogens is 1. The Hall–Kier alpha value is -2.99. The van der Waals surface area contributed by atoms with Crippen molar-refractivity contribution in [2.24, 2.45) is 0 Å². The number of hydrogen-bond donors (Lipinski definition) is 6. The van der Waals surface area contributed by atoms with Crippen LogP contribution < -0.4 is 10.1 Å². The number of methoxy groups -OCH3 is 1. The molecule has 0 bridgehead atoms. The first-order valence-corrected chi connectivity index (χ1v) is 12.5. The van der Waals surface area contributed by atoms with Crippen molar-refractivity contribution in [2.45, 2.75) is 62.9 Å². The summed E-state index contributed by atoms with van der Waals surface area (Å²) in [5.41, 5.74) is 1.05. The Bertz CT molecular complexity index is 1280. The van der Waals surface area contributed by atoms with Crippen molar-refractivity contribution in [1.82, 2.24) is 9.88 Å². The Morgan fingerprint density at radius 3 is 2.37 bits per heavy atom. The number of aliphatic hydroxyl groups is 5. The van der Waals surface area contributed by atoms with Crippen molar-refractivity contribution in [3.8, 4) is 5.75 Å². The predicted octanol–water partition coefficient (Wildman–Crippen LogP) is 0.888. The van der Waals surface area contributed by atoms with Gasteiger partial charge in [0.25, 0.3) is 5.91 Å². The molecule has 1 aliphatic rings. The Labute approximate surface area is 221 Å². The second-order valence-corrected chi connectivity index (χ2v) is 10.8. The highest BCUT2D eigenvalue weighted by Gasteiger charge is 2.56. The van der Waals surface area contributed by atoms with Crippen LogP contribution in [0.2, 0.25) is 0 Å². The fourth-order valence-corrected chi connectivity index (χ4v) is 4.82. The molecule has 2 aromatic carbocycles. The van der Waals surface area contributed by atoms with Gasteiger partial charge < -0.3 is 44.9 Å². The summed E-state index contributed by atoms with van der Waals surface area (Å²) in [5, 5.41) is 54.2. The molecule has 0 aliphatic carbocycles. The molecule has 3 aromatic rings. The van der Waals surface area contributed by atoms with Crippen LogP contribution in [-0.2, 0) is 16.7 Å². The first-order valence-electron chi connectivity index (χ1n) is 12.5. The fraction of sp³-hybridized carbons (Fsp3) is 0.464. The maximum absolute atomic E-state index is 13.5. The summed E-state index contributed by atoms with van der Waals surface area (Å²) in [5.74, 6) is -0.101. The highest BCUT2D eigenvalue weighted by Crippen LogP contribution is 2.32. The topological polar surface area (TPSA) is 154 Å². The third-order valence-corrected chi connectivity index (χ3v) is 7.27. The molecule has 0 spiro atoms. The Morgan fingerprint density at radius 1 is 1.11 bits per heavy atom. The number of aliphatic hydroxyl groups excluding tert-OH is 5. The number of fused-ring (bicyclic) bond motifs is 1. The molecule has 1 saturated heterocycles. The maximum Gasteiger partial charge on any atom is 0.254 e. The van der Waals surface area contributed by atoms with Gasteiger partial charge in [-0.1, -0.05) is 45.0 Å². The van der Waals surface area contributed by atoms with Crippen molar-refractivity contribution >= 4 is 16.8 Å². The van der Waals surface area contributed by atoms with Crippen LogP contribution in [-0.4, -0.2) is 86.5 Å². The molecular formula is C28H36N2O8. The molecule has 1 aromatic heterocycles. The Balaban J connectivity index is 1.70. The lowest BCUT2D eigenvalue weighted by Crippen LogP contribution is -2.74. The number of ether oxygens (including phenoxy) is 2. The van der Waals surface area contributed by atoms with Crippen LogP contribution in [0, 0.1) is 0 Å². The Morgan fingerprint density at radius 2 is 1.79 bits per heavy atom.